The number of aryl methyl sites for hydroxylation is 1. The van der Waals surface area contributed by atoms with Crippen molar-refractivity contribution in [1.82, 2.24) is 15.3 Å². The molecule has 7 nitrogen and oxygen atoms in total. The summed E-state index contributed by atoms with van der Waals surface area (Å²) in [6, 6.07) is 2.82. The maximum absolute atomic E-state index is 11.9. The maximum atomic E-state index is 11.9. The van der Waals surface area contributed by atoms with E-state index in [-0.39, 0.29) is 12.1 Å². The smallest absolute Gasteiger partial charge is 0.319 e. The maximum Gasteiger partial charge on any atom is 0.319 e. The Morgan fingerprint density at radius 1 is 1.41 bits per heavy atom. The first-order valence-electron chi connectivity index (χ1n) is 7.18. The Balaban J connectivity index is 1.80. The van der Waals surface area contributed by atoms with Crippen LogP contribution in [0.25, 0.3) is 0 Å². The summed E-state index contributed by atoms with van der Waals surface area (Å²) in [4.78, 5) is 20.1. The van der Waals surface area contributed by atoms with Gasteiger partial charge in [0.15, 0.2) is 0 Å². The SMILES string of the molecule is CCc1ncc(NC(=O)NC(C)CC(O)c2ccco2)cn1. The van der Waals surface area contributed by atoms with Crippen LogP contribution in [0.15, 0.2) is 35.2 Å². The van der Waals surface area contributed by atoms with Crippen molar-refractivity contribution in [1.29, 1.82) is 0 Å². The van der Waals surface area contributed by atoms with Gasteiger partial charge in [-0.05, 0) is 19.1 Å². The zero-order valence-electron chi connectivity index (χ0n) is 12.6. The highest BCUT2D eigenvalue weighted by Gasteiger charge is 2.16. The molecule has 0 aliphatic carbocycles. The van der Waals surface area contributed by atoms with E-state index in [0.29, 0.717) is 17.9 Å². The van der Waals surface area contributed by atoms with E-state index in [0.717, 1.165) is 12.2 Å². The molecule has 0 radical (unpaired) electrons. The third kappa shape index (κ3) is 4.56. The molecule has 7 heteroatoms. The standard InChI is InChI=1S/C15H20N4O3/c1-3-14-16-8-11(9-17-14)19-15(21)18-10(2)7-12(20)13-5-4-6-22-13/h4-6,8-10,12,20H,3,7H2,1-2H3,(H2,18,19,21). The number of anilines is 1. The zero-order valence-corrected chi connectivity index (χ0v) is 12.6. The summed E-state index contributed by atoms with van der Waals surface area (Å²) >= 11 is 0. The molecule has 3 N–H and O–H groups in total. The normalized spacial score (nSPS) is 13.4. The van der Waals surface area contributed by atoms with Crippen molar-refractivity contribution in [3.8, 4) is 0 Å². The van der Waals surface area contributed by atoms with Crippen LogP contribution in [0.3, 0.4) is 0 Å². The van der Waals surface area contributed by atoms with E-state index in [9.17, 15) is 9.90 Å². The van der Waals surface area contributed by atoms with Gasteiger partial charge in [-0.25, -0.2) is 14.8 Å². The number of aliphatic hydroxyl groups excluding tert-OH is 1. The van der Waals surface area contributed by atoms with Gasteiger partial charge in [0.2, 0.25) is 0 Å². The van der Waals surface area contributed by atoms with Gasteiger partial charge in [-0.15, -0.1) is 0 Å². The predicted molar refractivity (Wildman–Crippen MR) is 81.3 cm³/mol. The van der Waals surface area contributed by atoms with E-state index in [4.69, 9.17) is 4.42 Å². The van der Waals surface area contributed by atoms with Crippen LogP contribution in [0, 0.1) is 0 Å². The first kappa shape index (κ1) is 16.0. The Bertz CT molecular complexity index is 583. The van der Waals surface area contributed by atoms with Crippen LogP contribution >= 0.6 is 0 Å². The number of carbonyl (C=O) groups excluding carboxylic acids is 1. The molecule has 2 atom stereocenters. The molecule has 0 saturated carbocycles. The van der Waals surface area contributed by atoms with Crippen LogP contribution in [-0.2, 0) is 6.42 Å². The third-order valence-corrected chi connectivity index (χ3v) is 3.11. The van der Waals surface area contributed by atoms with E-state index in [1.165, 1.54) is 6.26 Å². The van der Waals surface area contributed by atoms with Crippen LogP contribution in [-0.4, -0.2) is 27.1 Å². The van der Waals surface area contributed by atoms with Crippen molar-refractivity contribution in [2.75, 3.05) is 5.32 Å². The first-order chi connectivity index (χ1) is 10.6. The summed E-state index contributed by atoms with van der Waals surface area (Å²) in [6.07, 6.45) is 4.98. The number of aliphatic hydroxyl groups is 1. The van der Waals surface area contributed by atoms with Gasteiger partial charge >= 0.3 is 6.03 Å². The van der Waals surface area contributed by atoms with Crippen LogP contribution < -0.4 is 10.6 Å². The molecule has 2 amide bonds. The van der Waals surface area contributed by atoms with Gasteiger partial charge < -0.3 is 20.2 Å². The molecule has 22 heavy (non-hydrogen) atoms. The minimum atomic E-state index is -0.752. The van der Waals surface area contributed by atoms with Crippen molar-refractivity contribution in [2.45, 2.75) is 38.8 Å². The summed E-state index contributed by atoms with van der Waals surface area (Å²) in [6.45, 7) is 3.77. The number of urea groups is 1. The third-order valence-electron chi connectivity index (χ3n) is 3.11. The molecule has 0 saturated heterocycles. The fraction of sp³-hybridized carbons (Fsp3) is 0.400. The average Bonchev–Trinajstić information content (AvgIpc) is 3.02. The summed E-state index contributed by atoms with van der Waals surface area (Å²) in [5, 5.41) is 15.3. The Labute approximate surface area is 128 Å². The molecule has 2 rings (SSSR count). The second-order valence-electron chi connectivity index (χ2n) is 5.01. The number of nitrogens with zero attached hydrogens (tertiary/aromatic N) is 2. The monoisotopic (exact) mass is 304 g/mol. The molecule has 0 aromatic carbocycles. The molecule has 0 spiro atoms. The van der Waals surface area contributed by atoms with Gasteiger partial charge in [0, 0.05) is 18.9 Å². The molecule has 2 unspecified atom stereocenters. The lowest BCUT2D eigenvalue weighted by atomic mass is 10.1. The van der Waals surface area contributed by atoms with Crippen LogP contribution in [0.2, 0.25) is 0 Å². The van der Waals surface area contributed by atoms with Crippen molar-refractivity contribution >= 4 is 11.7 Å². The molecule has 0 aliphatic rings. The lowest BCUT2D eigenvalue weighted by molar-refractivity contribution is 0.130. The second-order valence-corrected chi connectivity index (χ2v) is 5.01. The van der Waals surface area contributed by atoms with Crippen LogP contribution in [0.1, 0.15) is 38.0 Å². The van der Waals surface area contributed by atoms with Crippen molar-refractivity contribution in [2.24, 2.45) is 0 Å². The fourth-order valence-electron chi connectivity index (χ4n) is 1.98. The van der Waals surface area contributed by atoms with Crippen molar-refractivity contribution in [3.05, 3.63) is 42.4 Å². The number of aromatic nitrogens is 2. The minimum Gasteiger partial charge on any atom is -0.467 e. The summed E-state index contributed by atoms with van der Waals surface area (Å²) in [7, 11) is 0. The van der Waals surface area contributed by atoms with Gasteiger partial charge in [0.1, 0.15) is 17.7 Å². The number of hydrogen-bond donors (Lipinski definition) is 3. The zero-order chi connectivity index (χ0) is 15.9. The summed E-state index contributed by atoms with van der Waals surface area (Å²) in [5.41, 5.74) is 0.522. The van der Waals surface area contributed by atoms with E-state index in [1.807, 2.05) is 13.8 Å². The number of amides is 2. The number of nitrogens with one attached hydrogen (secondary N) is 2. The van der Waals surface area contributed by atoms with Gasteiger partial charge in [0.05, 0.1) is 24.3 Å². The largest absolute Gasteiger partial charge is 0.467 e. The summed E-state index contributed by atoms with van der Waals surface area (Å²) < 4.78 is 5.12. The Morgan fingerprint density at radius 3 is 2.73 bits per heavy atom. The van der Waals surface area contributed by atoms with Gasteiger partial charge in [-0.3, -0.25) is 0 Å². The number of furan rings is 1. The van der Waals surface area contributed by atoms with Crippen molar-refractivity contribution < 1.29 is 14.3 Å². The molecule has 2 aromatic heterocycles. The highest BCUT2D eigenvalue weighted by atomic mass is 16.4. The molecular formula is C15H20N4O3. The molecule has 118 valence electrons. The van der Waals surface area contributed by atoms with Crippen LogP contribution in [0.5, 0.6) is 0 Å². The van der Waals surface area contributed by atoms with Gasteiger partial charge in [-0.2, -0.15) is 0 Å². The Morgan fingerprint density at radius 2 is 2.14 bits per heavy atom. The lowest BCUT2D eigenvalue weighted by Crippen LogP contribution is -2.37. The second kappa shape index (κ2) is 7.56. The number of hydrogen-bond acceptors (Lipinski definition) is 5. The molecule has 0 bridgehead atoms. The van der Waals surface area contributed by atoms with E-state index >= 15 is 0 Å². The molecule has 2 aromatic rings. The molecule has 2 heterocycles. The quantitative estimate of drug-likeness (QED) is 0.760. The van der Waals surface area contributed by atoms with Crippen LogP contribution in [0.4, 0.5) is 10.5 Å². The minimum absolute atomic E-state index is 0.226. The Kier molecular flexibility index (Phi) is 5.48. The summed E-state index contributed by atoms with van der Waals surface area (Å²) in [5.74, 6) is 1.21. The van der Waals surface area contributed by atoms with Crippen molar-refractivity contribution in [3.63, 3.8) is 0 Å². The van der Waals surface area contributed by atoms with Gasteiger partial charge in [0.25, 0.3) is 0 Å². The molecule has 0 fully saturated rings. The number of rotatable bonds is 6. The average molecular weight is 304 g/mol. The van der Waals surface area contributed by atoms with E-state index < -0.39 is 6.10 Å². The lowest BCUT2D eigenvalue weighted by Gasteiger charge is -2.17. The highest BCUT2D eigenvalue weighted by Crippen LogP contribution is 2.18. The molecular weight excluding hydrogens is 284 g/mol. The van der Waals surface area contributed by atoms with E-state index in [1.54, 1.807) is 24.5 Å². The fourth-order valence-corrected chi connectivity index (χ4v) is 1.98. The topological polar surface area (TPSA) is 100 Å². The number of carbonyl (C=O) groups is 1. The molecule has 0 aliphatic heterocycles. The predicted octanol–water partition coefficient (Wildman–Crippen LogP) is 2.27. The highest BCUT2D eigenvalue weighted by molar-refractivity contribution is 5.88. The first-order valence-corrected chi connectivity index (χ1v) is 7.18. The van der Waals surface area contributed by atoms with Gasteiger partial charge in [-0.1, -0.05) is 6.92 Å². The Hall–Kier alpha value is -2.41. The van der Waals surface area contributed by atoms with E-state index in [2.05, 4.69) is 20.6 Å².